The van der Waals surface area contributed by atoms with E-state index in [9.17, 15) is 15.0 Å². The zero-order valence-corrected chi connectivity index (χ0v) is 10.3. The quantitative estimate of drug-likeness (QED) is 0.777. The van der Waals surface area contributed by atoms with Crippen LogP contribution in [0.1, 0.15) is 31.5 Å². The molecule has 98 valence electrons. The molecule has 2 unspecified atom stereocenters. The van der Waals surface area contributed by atoms with Gasteiger partial charge < -0.3 is 19.7 Å². The van der Waals surface area contributed by atoms with E-state index in [1.54, 1.807) is 12.4 Å². The number of imidazole rings is 1. The molecule has 2 atom stereocenters. The summed E-state index contributed by atoms with van der Waals surface area (Å²) in [5, 5.41) is 20.0. The van der Waals surface area contributed by atoms with Gasteiger partial charge in [-0.1, -0.05) is 0 Å². The van der Waals surface area contributed by atoms with Gasteiger partial charge in [0.15, 0.2) is 0 Å². The number of piperidine rings is 1. The molecule has 3 rings (SSSR count). The Morgan fingerprint density at radius 3 is 2.50 bits per heavy atom. The van der Waals surface area contributed by atoms with Crippen LogP contribution in [0.15, 0.2) is 12.4 Å². The van der Waals surface area contributed by atoms with Crippen LogP contribution in [-0.2, 0) is 12.6 Å². The van der Waals surface area contributed by atoms with Gasteiger partial charge in [-0.3, -0.25) is 0 Å². The van der Waals surface area contributed by atoms with Crippen molar-refractivity contribution in [3.63, 3.8) is 0 Å². The molecule has 2 aliphatic rings. The van der Waals surface area contributed by atoms with E-state index in [1.807, 2.05) is 11.6 Å². The third-order valence-corrected chi connectivity index (χ3v) is 4.22. The zero-order chi connectivity index (χ0) is 12.9. The molecule has 2 saturated heterocycles. The molecule has 6 nitrogen and oxygen atoms in total. The van der Waals surface area contributed by atoms with Crippen LogP contribution in [-0.4, -0.2) is 42.8 Å². The third kappa shape index (κ3) is 1.52. The normalized spacial score (nSPS) is 34.9. The van der Waals surface area contributed by atoms with Crippen molar-refractivity contribution < 1.29 is 15.0 Å². The highest BCUT2D eigenvalue weighted by molar-refractivity contribution is 5.66. The van der Waals surface area contributed by atoms with Crippen molar-refractivity contribution in [3.8, 4) is 0 Å². The van der Waals surface area contributed by atoms with E-state index in [0.717, 1.165) is 12.8 Å². The fourth-order valence-corrected chi connectivity index (χ4v) is 3.53. The largest absolute Gasteiger partial charge is 0.465 e. The maximum atomic E-state index is 11.2. The first-order valence-electron chi connectivity index (χ1n) is 6.23. The van der Waals surface area contributed by atoms with E-state index in [0.29, 0.717) is 18.7 Å². The molecule has 2 fully saturated rings. The number of amides is 1. The number of carboxylic acid groups (broad SMARTS) is 1. The van der Waals surface area contributed by atoms with Crippen molar-refractivity contribution in [1.29, 1.82) is 0 Å². The Labute approximate surface area is 105 Å². The number of aromatic nitrogens is 2. The Hall–Kier alpha value is -1.56. The lowest BCUT2D eigenvalue weighted by Gasteiger charge is -2.41. The standard InChI is InChI=1S/C12H17N3O3/c1-14-5-4-13-10(14)12(18)6-8-2-3-9(7-12)15(8)11(16)17/h4-5,8-9,18H,2-3,6-7H2,1H3,(H,16,17). The minimum absolute atomic E-state index is 0.0806. The first kappa shape index (κ1) is 11.5. The Bertz CT molecular complexity index is 471. The fourth-order valence-electron chi connectivity index (χ4n) is 3.53. The Morgan fingerprint density at radius 1 is 1.44 bits per heavy atom. The second kappa shape index (κ2) is 3.71. The van der Waals surface area contributed by atoms with Gasteiger partial charge in [0, 0.05) is 44.4 Å². The number of hydrogen-bond acceptors (Lipinski definition) is 3. The summed E-state index contributed by atoms with van der Waals surface area (Å²) in [6.07, 6.45) is 5.16. The molecule has 2 aliphatic heterocycles. The summed E-state index contributed by atoms with van der Waals surface area (Å²) in [7, 11) is 1.85. The van der Waals surface area contributed by atoms with Gasteiger partial charge in [0.25, 0.3) is 0 Å². The molecular formula is C12H17N3O3. The van der Waals surface area contributed by atoms with Gasteiger partial charge in [0.2, 0.25) is 0 Å². The summed E-state index contributed by atoms with van der Waals surface area (Å²) >= 11 is 0. The molecule has 0 radical (unpaired) electrons. The lowest BCUT2D eigenvalue weighted by atomic mass is 9.85. The molecule has 0 aliphatic carbocycles. The smallest absolute Gasteiger partial charge is 0.407 e. The van der Waals surface area contributed by atoms with Crippen LogP contribution in [0.25, 0.3) is 0 Å². The number of nitrogens with zero attached hydrogens (tertiary/aromatic N) is 3. The summed E-state index contributed by atoms with van der Waals surface area (Å²) in [4.78, 5) is 16.9. The number of aryl methyl sites for hydroxylation is 1. The van der Waals surface area contributed by atoms with Crippen molar-refractivity contribution in [3.05, 3.63) is 18.2 Å². The van der Waals surface area contributed by atoms with Gasteiger partial charge in [-0.25, -0.2) is 9.78 Å². The van der Waals surface area contributed by atoms with Crippen LogP contribution in [0.4, 0.5) is 4.79 Å². The van der Waals surface area contributed by atoms with Crippen molar-refractivity contribution in [2.24, 2.45) is 7.05 Å². The monoisotopic (exact) mass is 251 g/mol. The van der Waals surface area contributed by atoms with Gasteiger partial charge in [-0.05, 0) is 12.8 Å². The first-order chi connectivity index (χ1) is 8.51. The SMILES string of the molecule is Cn1ccnc1C1(O)CC2CCC(C1)N2C(=O)O. The average molecular weight is 251 g/mol. The number of aliphatic hydroxyl groups is 1. The molecule has 2 bridgehead atoms. The number of fused-ring (bicyclic) bond motifs is 2. The van der Waals surface area contributed by atoms with Crippen molar-refractivity contribution in [2.45, 2.75) is 43.4 Å². The minimum atomic E-state index is -0.990. The van der Waals surface area contributed by atoms with Crippen LogP contribution in [0.5, 0.6) is 0 Å². The molecule has 0 aromatic carbocycles. The molecule has 1 amide bonds. The molecular weight excluding hydrogens is 234 g/mol. The second-order valence-corrected chi connectivity index (χ2v) is 5.38. The zero-order valence-electron chi connectivity index (χ0n) is 10.3. The summed E-state index contributed by atoms with van der Waals surface area (Å²) in [5.41, 5.74) is -0.990. The van der Waals surface area contributed by atoms with Crippen LogP contribution < -0.4 is 0 Å². The Kier molecular flexibility index (Phi) is 2.38. The molecule has 3 heterocycles. The lowest BCUT2D eigenvalue weighted by Crippen LogP contribution is -2.52. The summed E-state index contributed by atoms with van der Waals surface area (Å²) in [5.74, 6) is 0.643. The molecule has 0 saturated carbocycles. The molecule has 6 heteroatoms. The van der Waals surface area contributed by atoms with Crippen molar-refractivity contribution >= 4 is 6.09 Å². The molecule has 2 N–H and O–H groups in total. The number of rotatable bonds is 1. The lowest BCUT2D eigenvalue weighted by molar-refractivity contribution is -0.0569. The maximum Gasteiger partial charge on any atom is 0.407 e. The highest BCUT2D eigenvalue weighted by atomic mass is 16.4. The van der Waals surface area contributed by atoms with Gasteiger partial charge in [0.05, 0.1) is 0 Å². The van der Waals surface area contributed by atoms with E-state index in [1.165, 1.54) is 4.90 Å². The van der Waals surface area contributed by atoms with Gasteiger partial charge in [-0.15, -0.1) is 0 Å². The van der Waals surface area contributed by atoms with Crippen LogP contribution in [0.2, 0.25) is 0 Å². The predicted molar refractivity (Wildman–Crippen MR) is 63.0 cm³/mol. The van der Waals surface area contributed by atoms with Gasteiger partial charge in [0.1, 0.15) is 11.4 Å². The maximum absolute atomic E-state index is 11.2. The molecule has 0 spiro atoms. The van der Waals surface area contributed by atoms with Crippen molar-refractivity contribution in [2.75, 3.05) is 0 Å². The third-order valence-electron chi connectivity index (χ3n) is 4.22. The van der Waals surface area contributed by atoms with Crippen LogP contribution in [0.3, 0.4) is 0 Å². The van der Waals surface area contributed by atoms with E-state index in [2.05, 4.69) is 4.98 Å². The van der Waals surface area contributed by atoms with Crippen LogP contribution >= 0.6 is 0 Å². The van der Waals surface area contributed by atoms with Crippen LogP contribution in [0, 0.1) is 0 Å². The highest BCUT2D eigenvalue weighted by Gasteiger charge is 2.51. The van der Waals surface area contributed by atoms with Gasteiger partial charge in [-0.2, -0.15) is 0 Å². The summed E-state index contributed by atoms with van der Waals surface area (Å²) < 4.78 is 1.82. The topological polar surface area (TPSA) is 78.6 Å². The molecule has 18 heavy (non-hydrogen) atoms. The second-order valence-electron chi connectivity index (χ2n) is 5.38. The van der Waals surface area contributed by atoms with E-state index < -0.39 is 11.7 Å². The predicted octanol–water partition coefficient (Wildman–Crippen LogP) is 0.913. The van der Waals surface area contributed by atoms with E-state index in [-0.39, 0.29) is 12.1 Å². The summed E-state index contributed by atoms with van der Waals surface area (Å²) in [6.45, 7) is 0. The highest BCUT2D eigenvalue weighted by Crippen LogP contribution is 2.45. The van der Waals surface area contributed by atoms with E-state index in [4.69, 9.17) is 0 Å². The Balaban J connectivity index is 1.91. The Morgan fingerprint density at radius 2 is 2.06 bits per heavy atom. The number of carbonyl (C=O) groups is 1. The minimum Gasteiger partial charge on any atom is -0.465 e. The molecule has 1 aromatic heterocycles. The average Bonchev–Trinajstić information content (AvgIpc) is 2.82. The number of hydrogen-bond donors (Lipinski definition) is 2. The van der Waals surface area contributed by atoms with Crippen molar-refractivity contribution in [1.82, 2.24) is 14.5 Å². The van der Waals surface area contributed by atoms with E-state index >= 15 is 0 Å². The first-order valence-corrected chi connectivity index (χ1v) is 6.23. The van der Waals surface area contributed by atoms with Gasteiger partial charge >= 0.3 is 6.09 Å². The molecule has 1 aromatic rings. The summed E-state index contributed by atoms with van der Waals surface area (Å²) in [6, 6.07) is -0.161. The fraction of sp³-hybridized carbons (Fsp3) is 0.667.